The molecule has 1 heteroatoms. The fourth-order valence-corrected chi connectivity index (χ4v) is 2.05. The van der Waals surface area contributed by atoms with Gasteiger partial charge in [-0.2, -0.15) is 0 Å². The molecule has 0 saturated heterocycles. The van der Waals surface area contributed by atoms with E-state index in [0.29, 0.717) is 5.92 Å². The molecule has 0 bridgehead atoms. The summed E-state index contributed by atoms with van der Waals surface area (Å²) in [6.45, 7) is 15.4. The smallest absolute Gasteiger partial charge is 0.119 e. The van der Waals surface area contributed by atoms with Crippen LogP contribution < -0.4 is 4.74 Å². The van der Waals surface area contributed by atoms with E-state index in [1.54, 1.807) is 0 Å². The third kappa shape index (κ3) is 3.76. The van der Waals surface area contributed by atoms with Crippen molar-refractivity contribution in [3.8, 4) is 5.75 Å². The molecule has 1 nitrogen and oxygen atoms in total. The van der Waals surface area contributed by atoms with Crippen molar-refractivity contribution in [2.75, 3.05) is 0 Å². The standard InChI is InChI=1S/C16H26O/c1-11(2)14-10-13(17-12(3)4)8-9-15(14)16(5,6)7/h8-12H,1-7H3. The largest absolute Gasteiger partial charge is 0.491 e. The van der Waals surface area contributed by atoms with Gasteiger partial charge in [0.15, 0.2) is 0 Å². The summed E-state index contributed by atoms with van der Waals surface area (Å²) in [6, 6.07) is 6.50. The van der Waals surface area contributed by atoms with E-state index in [1.807, 2.05) is 0 Å². The van der Waals surface area contributed by atoms with Crippen molar-refractivity contribution in [2.45, 2.75) is 65.9 Å². The quantitative estimate of drug-likeness (QED) is 0.723. The first kappa shape index (κ1) is 14.1. The maximum atomic E-state index is 5.77. The Morgan fingerprint density at radius 3 is 2.00 bits per heavy atom. The Balaban J connectivity index is 3.18. The van der Waals surface area contributed by atoms with Crippen molar-refractivity contribution in [3.05, 3.63) is 29.3 Å². The van der Waals surface area contributed by atoms with Gasteiger partial charge < -0.3 is 4.74 Å². The third-order valence-corrected chi connectivity index (χ3v) is 2.82. The summed E-state index contributed by atoms with van der Waals surface area (Å²) < 4.78 is 5.77. The van der Waals surface area contributed by atoms with Gasteiger partial charge in [-0.3, -0.25) is 0 Å². The van der Waals surface area contributed by atoms with Gasteiger partial charge in [0.25, 0.3) is 0 Å². The predicted octanol–water partition coefficient (Wildman–Crippen LogP) is 4.89. The molecule has 0 heterocycles. The Morgan fingerprint density at radius 2 is 1.59 bits per heavy atom. The zero-order valence-corrected chi connectivity index (χ0v) is 12.3. The molecule has 0 fully saturated rings. The average Bonchev–Trinajstić information content (AvgIpc) is 2.14. The zero-order chi connectivity index (χ0) is 13.2. The Kier molecular flexibility index (Phi) is 4.24. The van der Waals surface area contributed by atoms with Crippen LogP contribution in [0.3, 0.4) is 0 Å². The molecule has 0 amide bonds. The van der Waals surface area contributed by atoms with Crippen molar-refractivity contribution >= 4 is 0 Å². The summed E-state index contributed by atoms with van der Waals surface area (Å²) in [4.78, 5) is 0. The Bertz CT molecular complexity index is 370. The highest BCUT2D eigenvalue weighted by molar-refractivity contribution is 5.41. The fourth-order valence-electron chi connectivity index (χ4n) is 2.05. The molecule has 1 aromatic rings. The topological polar surface area (TPSA) is 9.23 Å². The van der Waals surface area contributed by atoms with E-state index in [0.717, 1.165) is 5.75 Å². The summed E-state index contributed by atoms with van der Waals surface area (Å²) in [5, 5.41) is 0. The molecule has 0 atom stereocenters. The number of rotatable bonds is 3. The first-order valence-corrected chi connectivity index (χ1v) is 6.53. The monoisotopic (exact) mass is 234 g/mol. The van der Waals surface area contributed by atoms with Gasteiger partial charge in [-0.1, -0.05) is 40.7 Å². The van der Waals surface area contributed by atoms with Crippen LogP contribution in [0.5, 0.6) is 5.75 Å². The van der Waals surface area contributed by atoms with E-state index in [2.05, 4.69) is 66.7 Å². The number of hydrogen-bond donors (Lipinski definition) is 0. The molecule has 0 aliphatic rings. The van der Waals surface area contributed by atoms with Crippen molar-refractivity contribution in [1.82, 2.24) is 0 Å². The minimum absolute atomic E-state index is 0.190. The van der Waals surface area contributed by atoms with Gasteiger partial charge >= 0.3 is 0 Å². The van der Waals surface area contributed by atoms with Crippen LogP contribution in [0.1, 0.15) is 65.5 Å². The van der Waals surface area contributed by atoms with E-state index in [9.17, 15) is 0 Å². The van der Waals surface area contributed by atoms with Crippen molar-refractivity contribution in [2.24, 2.45) is 0 Å². The van der Waals surface area contributed by atoms with E-state index in [1.165, 1.54) is 11.1 Å². The molecule has 96 valence electrons. The number of hydrogen-bond acceptors (Lipinski definition) is 1. The molecule has 1 rings (SSSR count). The molecule has 0 radical (unpaired) electrons. The molecule has 0 aliphatic heterocycles. The van der Waals surface area contributed by atoms with Crippen LogP contribution in [0.25, 0.3) is 0 Å². The SMILES string of the molecule is CC(C)Oc1ccc(C(C)(C)C)c(C(C)C)c1. The maximum absolute atomic E-state index is 5.77. The molecular formula is C16H26O. The lowest BCUT2D eigenvalue weighted by Crippen LogP contribution is -2.15. The molecule has 0 unspecified atom stereocenters. The summed E-state index contributed by atoms with van der Waals surface area (Å²) in [5.41, 5.74) is 3.01. The van der Waals surface area contributed by atoms with E-state index >= 15 is 0 Å². The highest BCUT2D eigenvalue weighted by Gasteiger charge is 2.20. The Morgan fingerprint density at radius 1 is 1.00 bits per heavy atom. The Hall–Kier alpha value is -0.980. The summed E-state index contributed by atoms with van der Waals surface area (Å²) in [6.07, 6.45) is 0.232. The lowest BCUT2D eigenvalue weighted by atomic mass is 9.80. The second-order valence-electron chi connectivity index (χ2n) is 6.32. The number of ether oxygens (including phenoxy) is 1. The molecular weight excluding hydrogens is 208 g/mol. The molecule has 0 spiro atoms. The zero-order valence-electron chi connectivity index (χ0n) is 12.3. The summed E-state index contributed by atoms with van der Waals surface area (Å²) in [5.74, 6) is 1.51. The van der Waals surface area contributed by atoms with Gasteiger partial charge in [-0.05, 0) is 48.4 Å². The first-order chi connectivity index (χ1) is 7.71. The van der Waals surface area contributed by atoms with Gasteiger partial charge in [0, 0.05) is 0 Å². The Labute approximate surface area is 106 Å². The highest BCUT2D eigenvalue weighted by atomic mass is 16.5. The van der Waals surface area contributed by atoms with Crippen LogP contribution in [-0.2, 0) is 5.41 Å². The van der Waals surface area contributed by atoms with Gasteiger partial charge in [0.1, 0.15) is 5.75 Å². The summed E-state index contributed by atoms with van der Waals surface area (Å²) in [7, 11) is 0. The van der Waals surface area contributed by atoms with Crippen LogP contribution in [-0.4, -0.2) is 6.10 Å². The van der Waals surface area contributed by atoms with Gasteiger partial charge in [0.05, 0.1) is 6.10 Å². The fraction of sp³-hybridized carbons (Fsp3) is 0.625. The van der Waals surface area contributed by atoms with Crippen LogP contribution in [0.15, 0.2) is 18.2 Å². The second kappa shape index (κ2) is 5.12. The number of benzene rings is 1. The lowest BCUT2D eigenvalue weighted by Gasteiger charge is -2.25. The van der Waals surface area contributed by atoms with Gasteiger partial charge in [0.2, 0.25) is 0 Å². The molecule has 0 N–H and O–H groups in total. The van der Waals surface area contributed by atoms with Crippen LogP contribution in [0.2, 0.25) is 0 Å². The molecule has 17 heavy (non-hydrogen) atoms. The predicted molar refractivity (Wildman–Crippen MR) is 75.0 cm³/mol. The van der Waals surface area contributed by atoms with E-state index in [-0.39, 0.29) is 11.5 Å². The third-order valence-electron chi connectivity index (χ3n) is 2.82. The van der Waals surface area contributed by atoms with E-state index in [4.69, 9.17) is 4.74 Å². The van der Waals surface area contributed by atoms with Crippen molar-refractivity contribution in [3.63, 3.8) is 0 Å². The van der Waals surface area contributed by atoms with Crippen LogP contribution in [0.4, 0.5) is 0 Å². The molecule has 1 aromatic carbocycles. The van der Waals surface area contributed by atoms with Crippen LogP contribution >= 0.6 is 0 Å². The molecule has 0 aliphatic carbocycles. The van der Waals surface area contributed by atoms with Crippen molar-refractivity contribution in [1.29, 1.82) is 0 Å². The summed E-state index contributed by atoms with van der Waals surface area (Å²) >= 11 is 0. The highest BCUT2D eigenvalue weighted by Crippen LogP contribution is 2.33. The first-order valence-electron chi connectivity index (χ1n) is 6.53. The lowest BCUT2D eigenvalue weighted by molar-refractivity contribution is 0.242. The molecule has 0 aromatic heterocycles. The normalized spacial score (nSPS) is 12.3. The maximum Gasteiger partial charge on any atom is 0.119 e. The van der Waals surface area contributed by atoms with Crippen LogP contribution in [0, 0.1) is 0 Å². The molecule has 0 saturated carbocycles. The minimum atomic E-state index is 0.190. The average molecular weight is 234 g/mol. The van der Waals surface area contributed by atoms with Gasteiger partial charge in [-0.15, -0.1) is 0 Å². The van der Waals surface area contributed by atoms with Crippen molar-refractivity contribution < 1.29 is 4.74 Å². The second-order valence-corrected chi connectivity index (χ2v) is 6.32. The van der Waals surface area contributed by atoms with E-state index < -0.39 is 0 Å². The minimum Gasteiger partial charge on any atom is -0.491 e. The van der Waals surface area contributed by atoms with Gasteiger partial charge in [-0.25, -0.2) is 0 Å².